The first-order chi connectivity index (χ1) is 7.65. The zero-order valence-electron chi connectivity index (χ0n) is 8.78. The Balaban J connectivity index is 2.46. The van der Waals surface area contributed by atoms with Gasteiger partial charge in [0.25, 0.3) is 6.36 Å². The van der Waals surface area contributed by atoms with Gasteiger partial charge >= 0.3 is 5.97 Å². The molecule has 0 N–H and O–H groups in total. The van der Waals surface area contributed by atoms with E-state index in [2.05, 4.69) is 20.7 Å². The average Bonchev–Trinajstić information content (AvgIpc) is 2.28. The Morgan fingerprint density at radius 2 is 2.19 bits per heavy atom. The molecule has 1 atom stereocenters. The molecule has 0 fully saturated rings. The molecule has 0 aromatic heterocycles. The van der Waals surface area contributed by atoms with Gasteiger partial charge in [0.15, 0.2) is 0 Å². The van der Waals surface area contributed by atoms with Crippen LogP contribution in [0.4, 0.5) is 4.39 Å². The smallest absolute Gasteiger partial charge is 0.368 e. The van der Waals surface area contributed by atoms with Crippen LogP contribution in [0.25, 0.3) is 0 Å². The van der Waals surface area contributed by atoms with Crippen molar-refractivity contribution in [2.45, 2.75) is 19.9 Å². The number of hydrogen-bond acceptors (Lipinski definition) is 3. The number of hydrogen-bond donors (Lipinski definition) is 0. The van der Waals surface area contributed by atoms with Gasteiger partial charge in [-0.1, -0.05) is 34.1 Å². The summed E-state index contributed by atoms with van der Waals surface area (Å²) in [4.78, 5) is 10.9. The van der Waals surface area contributed by atoms with Gasteiger partial charge < -0.3 is 9.47 Å². The molecule has 0 spiro atoms. The normalized spacial score (nSPS) is 12.2. The molecule has 0 heterocycles. The van der Waals surface area contributed by atoms with Crippen LogP contribution in [-0.4, -0.2) is 18.9 Å². The van der Waals surface area contributed by atoms with E-state index in [1.165, 1.54) is 0 Å². The zero-order chi connectivity index (χ0) is 12.0. The van der Waals surface area contributed by atoms with Gasteiger partial charge in [-0.05, 0) is 18.6 Å². The molecule has 16 heavy (non-hydrogen) atoms. The molecular weight excluding hydrogens is 279 g/mol. The Kier molecular flexibility index (Phi) is 5.42. The second-order valence-corrected chi connectivity index (χ2v) is 3.82. The Bertz CT molecular complexity index is 357. The van der Waals surface area contributed by atoms with Gasteiger partial charge in [0, 0.05) is 4.47 Å². The van der Waals surface area contributed by atoms with Crippen LogP contribution < -0.4 is 0 Å². The van der Waals surface area contributed by atoms with E-state index in [1.807, 2.05) is 12.1 Å². The molecule has 1 unspecified atom stereocenters. The van der Waals surface area contributed by atoms with Crippen LogP contribution in [0.15, 0.2) is 28.7 Å². The van der Waals surface area contributed by atoms with Crippen LogP contribution in [-0.2, 0) is 20.9 Å². The lowest BCUT2D eigenvalue weighted by Crippen LogP contribution is -2.21. The third kappa shape index (κ3) is 3.90. The number of carbonyl (C=O) groups excluding carboxylic acids is 1. The second-order valence-electron chi connectivity index (χ2n) is 2.97. The van der Waals surface area contributed by atoms with Crippen molar-refractivity contribution in [2.24, 2.45) is 0 Å². The third-order valence-corrected chi connectivity index (χ3v) is 2.59. The maximum absolute atomic E-state index is 13.1. The summed E-state index contributed by atoms with van der Waals surface area (Å²) < 4.78 is 23.1. The number of ether oxygens (including phenoxy) is 2. The number of halogens is 2. The van der Waals surface area contributed by atoms with Crippen LogP contribution in [0.5, 0.6) is 0 Å². The molecule has 0 aliphatic rings. The van der Waals surface area contributed by atoms with E-state index < -0.39 is 12.3 Å². The van der Waals surface area contributed by atoms with E-state index in [1.54, 1.807) is 19.1 Å². The summed E-state index contributed by atoms with van der Waals surface area (Å²) in [5.74, 6) is -0.991. The van der Waals surface area contributed by atoms with E-state index in [-0.39, 0.29) is 13.2 Å². The quantitative estimate of drug-likeness (QED) is 0.783. The van der Waals surface area contributed by atoms with Gasteiger partial charge in [-0.2, -0.15) is 0 Å². The van der Waals surface area contributed by atoms with Crippen molar-refractivity contribution in [2.75, 3.05) is 6.61 Å². The van der Waals surface area contributed by atoms with Crippen LogP contribution in [0.1, 0.15) is 12.5 Å². The number of alkyl halides is 1. The molecule has 88 valence electrons. The molecule has 0 aliphatic carbocycles. The monoisotopic (exact) mass is 290 g/mol. The summed E-state index contributed by atoms with van der Waals surface area (Å²) in [7, 11) is 0. The summed E-state index contributed by atoms with van der Waals surface area (Å²) in [6.07, 6.45) is -2.04. The minimum Gasteiger partial charge on any atom is -0.462 e. The molecule has 3 nitrogen and oxygen atoms in total. The number of benzene rings is 1. The molecule has 0 saturated carbocycles. The van der Waals surface area contributed by atoms with E-state index in [9.17, 15) is 9.18 Å². The first-order valence-corrected chi connectivity index (χ1v) is 5.60. The van der Waals surface area contributed by atoms with Gasteiger partial charge in [0.2, 0.25) is 0 Å². The number of esters is 1. The predicted molar refractivity (Wildman–Crippen MR) is 60.5 cm³/mol. The summed E-state index contributed by atoms with van der Waals surface area (Å²) in [5.41, 5.74) is 0.773. The SMILES string of the molecule is CCOC(=O)C(F)OCc1ccccc1Br. The van der Waals surface area contributed by atoms with Crippen molar-refractivity contribution in [1.82, 2.24) is 0 Å². The Hall–Kier alpha value is -0.940. The molecule has 5 heteroatoms. The molecule has 1 aromatic carbocycles. The third-order valence-electron chi connectivity index (χ3n) is 1.81. The average molecular weight is 291 g/mol. The molecular formula is C11H12BrFO3. The Morgan fingerprint density at radius 3 is 2.81 bits per heavy atom. The highest BCUT2D eigenvalue weighted by Crippen LogP contribution is 2.17. The van der Waals surface area contributed by atoms with Crippen LogP contribution in [0.3, 0.4) is 0 Å². The van der Waals surface area contributed by atoms with E-state index in [4.69, 9.17) is 4.74 Å². The Labute approximate surface area is 102 Å². The molecule has 0 aliphatic heterocycles. The van der Waals surface area contributed by atoms with Crippen molar-refractivity contribution in [3.63, 3.8) is 0 Å². The highest BCUT2D eigenvalue weighted by Gasteiger charge is 2.19. The lowest BCUT2D eigenvalue weighted by atomic mass is 10.2. The van der Waals surface area contributed by atoms with Crippen molar-refractivity contribution in [3.8, 4) is 0 Å². The lowest BCUT2D eigenvalue weighted by molar-refractivity contribution is -0.170. The highest BCUT2D eigenvalue weighted by atomic mass is 79.9. The summed E-state index contributed by atoms with van der Waals surface area (Å²) in [6.45, 7) is 1.76. The Morgan fingerprint density at radius 1 is 1.50 bits per heavy atom. The van der Waals surface area contributed by atoms with Gasteiger partial charge in [0.05, 0.1) is 13.2 Å². The maximum atomic E-state index is 13.1. The van der Waals surface area contributed by atoms with E-state index in [0.717, 1.165) is 10.0 Å². The van der Waals surface area contributed by atoms with Crippen molar-refractivity contribution in [1.29, 1.82) is 0 Å². The van der Waals surface area contributed by atoms with E-state index >= 15 is 0 Å². The zero-order valence-corrected chi connectivity index (χ0v) is 10.4. The fourth-order valence-electron chi connectivity index (χ4n) is 1.05. The van der Waals surface area contributed by atoms with Crippen LogP contribution >= 0.6 is 15.9 Å². The summed E-state index contributed by atoms with van der Waals surface area (Å²) >= 11 is 3.30. The van der Waals surface area contributed by atoms with Crippen LogP contribution in [0.2, 0.25) is 0 Å². The van der Waals surface area contributed by atoms with Gasteiger partial charge in [-0.3, -0.25) is 0 Å². The first-order valence-electron chi connectivity index (χ1n) is 4.81. The van der Waals surface area contributed by atoms with E-state index in [0.29, 0.717) is 0 Å². The fraction of sp³-hybridized carbons (Fsp3) is 0.364. The number of rotatable bonds is 5. The lowest BCUT2D eigenvalue weighted by Gasteiger charge is -2.09. The minimum absolute atomic E-state index is 0.0153. The molecule has 0 bridgehead atoms. The summed E-state index contributed by atoms with van der Waals surface area (Å²) in [6, 6.07) is 7.24. The first kappa shape index (κ1) is 13.1. The molecule has 0 amide bonds. The molecule has 0 saturated heterocycles. The highest BCUT2D eigenvalue weighted by molar-refractivity contribution is 9.10. The van der Waals surface area contributed by atoms with Gasteiger partial charge in [-0.15, -0.1) is 0 Å². The summed E-state index contributed by atoms with van der Waals surface area (Å²) in [5, 5.41) is 0. The van der Waals surface area contributed by atoms with Crippen LogP contribution in [0, 0.1) is 0 Å². The van der Waals surface area contributed by atoms with Crippen molar-refractivity contribution in [3.05, 3.63) is 34.3 Å². The molecule has 1 rings (SSSR count). The van der Waals surface area contributed by atoms with Crippen molar-refractivity contribution < 1.29 is 18.7 Å². The van der Waals surface area contributed by atoms with Gasteiger partial charge in [-0.25, -0.2) is 9.18 Å². The van der Waals surface area contributed by atoms with Gasteiger partial charge in [0.1, 0.15) is 0 Å². The molecule has 0 radical (unpaired) electrons. The predicted octanol–water partition coefficient (Wildman–Crippen LogP) is 2.82. The standard InChI is InChI=1S/C11H12BrFO3/c1-2-15-11(14)10(13)16-7-8-5-3-4-6-9(8)12/h3-6,10H,2,7H2,1H3. The topological polar surface area (TPSA) is 35.5 Å². The maximum Gasteiger partial charge on any atom is 0.368 e. The fourth-order valence-corrected chi connectivity index (χ4v) is 1.45. The second kappa shape index (κ2) is 6.60. The number of carbonyl (C=O) groups is 1. The van der Waals surface area contributed by atoms with Crippen molar-refractivity contribution >= 4 is 21.9 Å². The largest absolute Gasteiger partial charge is 0.462 e. The minimum atomic E-state index is -2.04. The molecule has 1 aromatic rings.